The van der Waals surface area contributed by atoms with Gasteiger partial charge in [-0.2, -0.15) is 5.10 Å². The average Bonchev–Trinajstić information content (AvgIpc) is 2.63. The molecule has 0 aliphatic heterocycles. The van der Waals surface area contributed by atoms with E-state index in [4.69, 9.17) is 11.6 Å². The van der Waals surface area contributed by atoms with Crippen LogP contribution < -0.4 is 4.90 Å². The van der Waals surface area contributed by atoms with Gasteiger partial charge >= 0.3 is 0 Å². The van der Waals surface area contributed by atoms with Crippen molar-refractivity contribution < 1.29 is 4.39 Å². The Morgan fingerprint density at radius 1 is 1.37 bits per heavy atom. The predicted molar refractivity (Wildman–Crippen MR) is 76.1 cm³/mol. The molecule has 0 aliphatic rings. The van der Waals surface area contributed by atoms with Gasteiger partial charge < -0.3 is 4.90 Å². The maximum Gasteiger partial charge on any atom is 0.146 e. The third-order valence-electron chi connectivity index (χ3n) is 3.19. The van der Waals surface area contributed by atoms with E-state index in [1.54, 1.807) is 23.9 Å². The lowest BCUT2D eigenvalue weighted by Crippen LogP contribution is -2.23. The lowest BCUT2D eigenvalue weighted by Gasteiger charge is -2.23. The fourth-order valence-corrected chi connectivity index (χ4v) is 2.35. The van der Waals surface area contributed by atoms with E-state index in [0.717, 1.165) is 11.3 Å². The van der Waals surface area contributed by atoms with Crippen LogP contribution in [0, 0.1) is 12.7 Å². The molecule has 5 heteroatoms. The SMILES string of the molecule is CCN(Cc1c(C)nn(C)c1Cl)c1ccccc1F. The molecule has 2 rings (SSSR count). The first kappa shape index (κ1) is 13.9. The van der Waals surface area contributed by atoms with Gasteiger partial charge in [-0.25, -0.2) is 4.39 Å². The molecule has 0 spiro atoms. The number of para-hydroxylation sites is 1. The largest absolute Gasteiger partial charge is 0.365 e. The molecule has 0 fully saturated rings. The summed E-state index contributed by atoms with van der Waals surface area (Å²) in [5, 5.41) is 4.88. The third-order valence-corrected chi connectivity index (χ3v) is 3.67. The van der Waals surface area contributed by atoms with E-state index in [9.17, 15) is 4.39 Å². The minimum Gasteiger partial charge on any atom is -0.365 e. The van der Waals surface area contributed by atoms with Gasteiger partial charge in [0.15, 0.2) is 0 Å². The molecule has 3 nitrogen and oxygen atoms in total. The second-order valence-corrected chi connectivity index (χ2v) is 4.80. The Balaban J connectivity index is 2.32. The van der Waals surface area contributed by atoms with Gasteiger partial charge in [0.25, 0.3) is 0 Å². The van der Waals surface area contributed by atoms with Gasteiger partial charge in [0.2, 0.25) is 0 Å². The summed E-state index contributed by atoms with van der Waals surface area (Å²) in [4.78, 5) is 1.95. The number of halogens is 2. The molecule has 0 radical (unpaired) electrons. The topological polar surface area (TPSA) is 21.1 Å². The normalized spacial score (nSPS) is 10.8. The second-order valence-electron chi connectivity index (χ2n) is 4.44. The standard InChI is InChI=1S/C14H17ClFN3/c1-4-19(13-8-6-5-7-12(13)16)9-11-10(2)17-18(3)14(11)15/h5-8H,4,9H2,1-3H3. The minimum atomic E-state index is -0.220. The number of aryl methyl sites for hydroxylation is 2. The Hall–Kier alpha value is -1.55. The van der Waals surface area contributed by atoms with E-state index < -0.39 is 0 Å². The molecule has 0 saturated heterocycles. The van der Waals surface area contributed by atoms with Crippen molar-refractivity contribution in [3.8, 4) is 0 Å². The Bertz CT molecular complexity index is 580. The molecule has 2 aromatic rings. The van der Waals surface area contributed by atoms with Crippen LogP contribution in [0.3, 0.4) is 0 Å². The zero-order chi connectivity index (χ0) is 14.0. The van der Waals surface area contributed by atoms with Crippen molar-refractivity contribution in [2.45, 2.75) is 20.4 Å². The molecule has 0 amide bonds. The summed E-state index contributed by atoms with van der Waals surface area (Å²) < 4.78 is 15.5. The third kappa shape index (κ3) is 2.73. The first-order valence-corrected chi connectivity index (χ1v) is 6.59. The summed E-state index contributed by atoms with van der Waals surface area (Å²) in [6.45, 7) is 5.16. The maximum atomic E-state index is 13.8. The van der Waals surface area contributed by atoms with E-state index in [-0.39, 0.29) is 5.82 Å². The first-order chi connectivity index (χ1) is 9.04. The van der Waals surface area contributed by atoms with Crippen LogP contribution in [-0.2, 0) is 13.6 Å². The summed E-state index contributed by atoms with van der Waals surface area (Å²) in [6.07, 6.45) is 0. The number of rotatable bonds is 4. The zero-order valence-electron chi connectivity index (χ0n) is 11.3. The minimum absolute atomic E-state index is 0.220. The quantitative estimate of drug-likeness (QED) is 0.855. The fourth-order valence-electron chi connectivity index (χ4n) is 2.12. The molecule has 19 heavy (non-hydrogen) atoms. The highest BCUT2D eigenvalue weighted by Crippen LogP contribution is 2.25. The summed E-state index contributed by atoms with van der Waals surface area (Å²) >= 11 is 6.22. The molecule has 102 valence electrons. The van der Waals surface area contributed by atoms with Crippen LogP contribution in [0.15, 0.2) is 24.3 Å². The number of hydrogen-bond donors (Lipinski definition) is 0. The smallest absolute Gasteiger partial charge is 0.146 e. The van der Waals surface area contributed by atoms with Crippen LogP contribution >= 0.6 is 11.6 Å². The number of benzene rings is 1. The van der Waals surface area contributed by atoms with Gasteiger partial charge in [0.05, 0.1) is 11.4 Å². The van der Waals surface area contributed by atoms with Crippen LogP contribution in [-0.4, -0.2) is 16.3 Å². The molecule has 0 N–H and O–H groups in total. The van der Waals surface area contributed by atoms with Crippen molar-refractivity contribution in [2.75, 3.05) is 11.4 Å². The highest BCUT2D eigenvalue weighted by molar-refractivity contribution is 6.30. The van der Waals surface area contributed by atoms with Gasteiger partial charge in [-0.3, -0.25) is 4.68 Å². The monoisotopic (exact) mass is 281 g/mol. The Kier molecular flexibility index (Phi) is 4.10. The molecule has 1 heterocycles. The zero-order valence-corrected chi connectivity index (χ0v) is 12.1. The Labute approximate surface area is 117 Å². The lowest BCUT2D eigenvalue weighted by molar-refractivity contribution is 0.617. The molecular formula is C14H17ClFN3. The number of nitrogens with zero attached hydrogens (tertiary/aromatic N) is 3. The molecule has 0 aliphatic carbocycles. The van der Waals surface area contributed by atoms with Crippen molar-refractivity contribution in [2.24, 2.45) is 7.05 Å². The number of hydrogen-bond acceptors (Lipinski definition) is 2. The molecule has 0 atom stereocenters. The first-order valence-electron chi connectivity index (χ1n) is 6.22. The van der Waals surface area contributed by atoms with Gasteiger partial charge in [0.1, 0.15) is 11.0 Å². The summed E-state index contributed by atoms with van der Waals surface area (Å²) in [5.74, 6) is -0.220. The Morgan fingerprint density at radius 2 is 2.05 bits per heavy atom. The highest BCUT2D eigenvalue weighted by atomic mass is 35.5. The van der Waals surface area contributed by atoms with Crippen molar-refractivity contribution in [3.63, 3.8) is 0 Å². The lowest BCUT2D eigenvalue weighted by atomic mass is 10.2. The van der Waals surface area contributed by atoms with Gasteiger partial charge in [-0.05, 0) is 26.0 Å². The van der Waals surface area contributed by atoms with Crippen LogP contribution in [0.4, 0.5) is 10.1 Å². The summed E-state index contributed by atoms with van der Waals surface area (Å²) in [5.41, 5.74) is 2.40. The summed E-state index contributed by atoms with van der Waals surface area (Å²) in [6, 6.07) is 6.77. The van der Waals surface area contributed by atoms with Crippen LogP contribution in [0.25, 0.3) is 0 Å². The molecule has 1 aromatic heterocycles. The van der Waals surface area contributed by atoms with Crippen LogP contribution in [0.5, 0.6) is 0 Å². The van der Waals surface area contributed by atoms with Gasteiger partial charge in [-0.1, -0.05) is 23.7 Å². The van der Waals surface area contributed by atoms with Crippen LogP contribution in [0.2, 0.25) is 5.15 Å². The maximum absolute atomic E-state index is 13.8. The molecule has 0 unspecified atom stereocenters. The van der Waals surface area contributed by atoms with E-state index in [1.807, 2.05) is 24.8 Å². The average molecular weight is 282 g/mol. The second kappa shape index (κ2) is 5.61. The fraction of sp³-hybridized carbons (Fsp3) is 0.357. The van der Waals surface area contributed by atoms with E-state index in [0.29, 0.717) is 23.9 Å². The van der Waals surface area contributed by atoms with Gasteiger partial charge in [0, 0.05) is 25.7 Å². The molecular weight excluding hydrogens is 265 g/mol. The van der Waals surface area contributed by atoms with Gasteiger partial charge in [-0.15, -0.1) is 0 Å². The number of anilines is 1. The van der Waals surface area contributed by atoms with E-state index in [2.05, 4.69) is 5.10 Å². The molecule has 1 aromatic carbocycles. The van der Waals surface area contributed by atoms with Crippen molar-refractivity contribution in [1.29, 1.82) is 0 Å². The van der Waals surface area contributed by atoms with E-state index >= 15 is 0 Å². The van der Waals surface area contributed by atoms with Crippen LogP contribution in [0.1, 0.15) is 18.2 Å². The van der Waals surface area contributed by atoms with Crippen molar-refractivity contribution in [3.05, 3.63) is 46.5 Å². The van der Waals surface area contributed by atoms with Crippen molar-refractivity contribution in [1.82, 2.24) is 9.78 Å². The van der Waals surface area contributed by atoms with E-state index in [1.165, 1.54) is 6.07 Å². The summed E-state index contributed by atoms with van der Waals surface area (Å²) in [7, 11) is 1.80. The molecule has 0 bridgehead atoms. The van der Waals surface area contributed by atoms with Crippen molar-refractivity contribution >= 4 is 17.3 Å². The highest BCUT2D eigenvalue weighted by Gasteiger charge is 2.16. The number of aromatic nitrogens is 2. The predicted octanol–water partition coefficient (Wildman–Crippen LogP) is 3.55. The molecule has 0 saturated carbocycles. The Morgan fingerprint density at radius 3 is 2.58 bits per heavy atom.